The zero-order valence-electron chi connectivity index (χ0n) is 17.6. The predicted octanol–water partition coefficient (Wildman–Crippen LogP) is 5.06. The molecule has 1 amide bonds. The summed E-state index contributed by atoms with van der Waals surface area (Å²) in [5, 5.41) is 3.01. The summed E-state index contributed by atoms with van der Waals surface area (Å²) >= 11 is 0. The van der Waals surface area contributed by atoms with Crippen LogP contribution < -0.4 is 10.0 Å². The largest absolute Gasteiger partial charge is 0.345 e. The number of hydrogen-bond donors (Lipinski definition) is 2. The SMILES string of the molecule is Cc1ccccc1[C@@H](NC(=O)c1cccc(S(=O)(=O)Nc2ccccc2F)c1)C(C)C. The molecule has 0 aliphatic carbocycles. The van der Waals surface area contributed by atoms with Crippen LogP contribution in [0.25, 0.3) is 0 Å². The monoisotopic (exact) mass is 440 g/mol. The van der Waals surface area contributed by atoms with Gasteiger partial charge in [-0.2, -0.15) is 0 Å². The fourth-order valence-electron chi connectivity index (χ4n) is 3.32. The van der Waals surface area contributed by atoms with Crippen molar-refractivity contribution in [3.63, 3.8) is 0 Å². The number of rotatable bonds is 7. The normalized spacial score (nSPS) is 12.4. The van der Waals surface area contributed by atoms with Gasteiger partial charge in [-0.25, -0.2) is 12.8 Å². The fraction of sp³-hybridized carbons (Fsp3) is 0.208. The summed E-state index contributed by atoms with van der Waals surface area (Å²) in [6.07, 6.45) is 0. The number of halogens is 1. The molecule has 2 N–H and O–H groups in total. The number of carbonyl (C=O) groups excluding carboxylic acids is 1. The van der Waals surface area contributed by atoms with Crippen LogP contribution >= 0.6 is 0 Å². The standard InChI is InChI=1S/C24H25FN2O3S/c1-16(2)23(20-12-5-4-9-17(20)3)26-24(28)18-10-8-11-19(15-18)31(29,30)27-22-14-7-6-13-21(22)25/h4-16,23,27H,1-3H3,(H,26,28)/t23-/m0/s1. The smallest absolute Gasteiger partial charge is 0.262 e. The second kappa shape index (κ2) is 9.31. The Morgan fingerprint density at radius 3 is 2.29 bits per heavy atom. The van der Waals surface area contributed by atoms with Gasteiger partial charge in [-0.15, -0.1) is 0 Å². The fourth-order valence-corrected chi connectivity index (χ4v) is 4.43. The van der Waals surface area contributed by atoms with E-state index in [1.807, 2.05) is 45.0 Å². The number of sulfonamides is 1. The molecule has 0 spiro atoms. The van der Waals surface area contributed by atoms with Crippen molar-refractivity contribution in [1.29, 1.82) is 0 Å². The van der Waals surface area contributed by atoms with Gasteiger partial charge < -0.3 is 5.32 Å². The number of benzene rings is 3. The Bertz CT molecular complexity index is 1190. The highest BCUT2D eigenvalue weighted by Gasteiger charge is 2.22. The molecule has 0 aliphatic rings. The molecule has 5 nitrogen and oxygen atoms in total. The Morgan fingerprint density at radius 2 is 1.61 bits per heavy atom. The van der Waals surface area contributed by atoms with Crippen molar-refractivity contribution < 1.29 is 17.6 Å². The summed E-state index contributed by atoms with van der Waals surface area (Å²) in [5.74, 6) is -0.942. The third-order valence-corrected chi connectivity index (χ3v) is 6.36. The molecule has 3 rings (SSSR count). The van der Waals surface area contributed by atoms with Crippen molar-refractivity contribution in [1.82, 2.24) is 5.32 Å². The van der Waals surface area contributed by atoms with Crippen LogP contribution in [0.2, 0.25) is 0 Å². The lowest BCUT2D eigenvalue weighted by atomic mass is 9.92. The molecular formula is C24H25FN2O3S. The third-order valence-electron chi connectivity index (χ3n) is 5.00. The maximum atomic E-state index is 13.9. The van der Waals surface area contributed by atoms with E-state index in [0.717, 1.165) is 11.1 Å². The van der Waals surface area contributed by atoms with Gasteiger partial charge in [0.05, 0.1) is 16.6 Å². The zero-order valence-corrected chi connectivity index (χ0v) is 18.4. The molecule has 0 radical (unpaired) electrons. The van der Waals surface area contributed by atoms with Crippen molar-refractivity contribution in [3.8, 4) is 0 Å². The van der Waals surface area contributed by atoms with Crippen molar-refractivity contribution >= 4 is 21.6 Å². The molecule has 3 aromatic rings. The van der Waals surface area contributed by atoms with E-state index >= 15 is 0 Å². The summed E-state index contributed by atoms with van der Waals surface area (Å²) < 4.78 is 41.5. The third kappa shape index (κ3) is 5.30. The van der Waals surface area contributed by atoms with E-state index in [1.165, 1.54) is 42.5 Å². The maximum Gasteiger partial charge on any atom is 0.262 e. The van der Waals surface area contributed by atoms with Gasteiger partial charge in [0.15, 0.2) is 0 Å². The molecule has 1 atom stereocenters. The highest BCUT2D eigenvalue weighted by Crippen LogP contribution is 2.25. The highest BCUT2D eigenvalue weighted by atomic mass is 32.2. The Kier molecular flexibility index (Phi) is 6.75. The van der Waals surface area contributed by atoms with Gasteiger partial charge in [0, 0.05) is 5.56 Å². The first-order valence-electron chi connectivity index (χ1n) is 9.93. The van der Waals surface area contributed by atoms with Crippen LogP contribution in [0.5, 0.6) is 0 Å². The molecule has 0 bridgehead atoms. The Balaban J connectivity index is 1.86. The van der Waals surface area contributed by atoms with Crippen LogP contribution in [0, 0.1) is 18.7 Å². The first kappa shape index (κ1) is 22.5. The van der Waals surface area contributed by atoms with Gasteiger partial charge in [-0.3, -0.25) is 9.52 Å². The van der Waals surface area contributed by atoms with E-state index in [4.69, 9.17) is 0 Å². The number of para-hydroxylation sites is 1. The van der Waals surface area contributed by atoms with Gasteiger partial charge in [-0.1, -0.05) is 56.3 Å². The molecule has 0 heterocycles. The topological polar surface area (TPSA) is 75.3 Å². The van der Waals surface area contributed by atoms with Gasteiger partial charge in [0.2, 0.25) is 0 Å². The molecule has 0 saturated heterocycles. The first-order chi connectivity index (χ1) is 14.7. The zero-order chi connectivity index (χ0) is 22.6. The maximum absolute atomic E-state index is 13.9. The van der Waals surface area contributed by atoms with Crippen LogP contribution in [0.1, 0.15) is 41.4 Å². The van der Waals surface area contributed by atoms with Gasteiger partial charge in [0.1, 0.15) is 5.82 Å². The highest BCUT2D eigenvalue weighted by molar-refractivity contribution is 7.92. The molecule has 0 fully saturated rings. The average Bonchev–Trinajstić information content (AvgIpc) is 2.74. The molecule has 31 heavy (non-hydrogen) atoms. The second-order valence-electron chi connectivity index (χ2n) is 7.66. The molecule has 162 valence electrons. The minimum atomic E-state index is -4.07. The molecule has 7 heteroatoms. The van der Waals surface area contributed by atoms with E-state index in [2.05, 4.69) is 10.0 Å². The van der Waals surface area contributed by atoms with Gasteiger partial charge in [-0.05, 0) is 54.3 Å². The van der Waals surface area contributed by atoms with E-state index in [9.17, 15) is 17.6 Å². The van der Waals surface area contributed by atoms with Crippen molar-refractivity contribution in [2.24, 2.45) is 5.92 Å². The minimum Gasteiger partial charge on any atom is -0.345 e. The number of anilines is 1. The number of carbonyl (C=O) groups is 1. The Labute approximate surface area is 182 Å². The van der Waals surface area contributed by atoms with Crippen molar-refractivity contribution in [2.45, 2.75) is 31.7 Å². The Morgan fingerprint density at radius 1 is 0.935 bits per heavy atom. The van der Waals surface area contributed by atoms with Crippen molar-refractivity contribution in [2.75, 3.05) is 4.72 Å². The van der Waals surface area contributed by atoms with Crippen LogP contribution in [-0.2, 0) is 10.0 Å². The molecule has 0 saturated carbocycles. The molecular weight excluding hydrogens is 415 g/mol. The van der Waals surface area contributed by atoms with E-state index < -0.39 is 15.8 Å². The molecule has 0 aliphatic heterocycles. The van der Waals surface area contributed by atoms with Crippen LogP contribution in [0.3, 0.4) is 0 Å². The summed E-state index contributed by atoms with van der Waals surface area (Å²) in [7, 11) is -4.07. The van der Waals surface area contributed by atoms with Gasteiger partial charge >= 0.3 is 0 Å². The lowest BCUT2D eigenvalue weighted by molar-refractivity contribution is 0.0925. The lowest BCUT2D eigenvalue weighted by Gasteiger charge is -2.24. The lowest BCUT2D eigenvalue weighted by Crippen LogP contribution is -2.32. The number of hydrogen-bond acceptors (Lipinski definition) is 3. The minimum absolute atomic E-state index is 0.125. The summed E-state index contributed by atoms with van der Waals surface area (Å²) in [6, 6.07) is 18.8. The van der Waals surface area contributed by atoms with E-state index in [1.54, 1.807) is 6.07 Å². The number of nitrogens with one attached hydrogen (secondary N) is 2. The van der Waals surface area contributed by atoms with Crippen LogP contribution in [0.15, 0.2) is 77.7 Å². The van der Waals surface area contributed by atoms with Crippen LogP contribution in [0.4, 0.5) is 10.1 Å². The number of amides is 1. The van der Waals surface area contributed by atoms with Gasteiger partial charge in [0.25, 0.3) is 15.9 Å². The Hall–Kier alpha value is -3.19. The first-order valence-corrected chi connectivity index (χ1v) is 11.4. The quantitative estimate of drug-likeness (QED) is 0.539. The molecule has 3 aromatic carbocycles. The average molecular weight is 441 g/mol. The predicted molar refractivity (Wildman–Crippen MR) is 120 cm³/mol. The van der Waals surface area contributed by atoms with E-state index in [-0.39, 0.29) is 34.0 Å². The van der Waals surface area contributed by atoms with Crippen LogP contribution in [-0.4, -0.2) is 14.3 Å². The van der Waals surface area contributed by atoms with E-state index in [0.29, 0.717) is 0 Å². The molecule has 0 unspecified atom stereocenters. The summed E-state index contributed by atoms with van der Waals surface area (Å²) in [5.41, 5.74) is 2.12. The summed E-state index contributed by atoms with van der Waals surface area (Å²) in [6.45, 7) is 6.01. The summed E-state index contributed by atoms with van der Waals surface area (Å²) in [4.78, 5) is 12.8. The molecule has 0 aromatic heterocycles. The second-order valence-corrected chi connectivity index (χ2v) is 9.35. The van der Waals surface area contributed by atoms with Crippen molar-refractivity contribution in [3.05, 3.63) is 95.3 Å². The number of aryl methyl sites for hydroxylation is 1.